The summed E-state index contributed by atoms with van der Waals surface area (Å²) in [5.74, 6) is -0.892. The molecule has 0 radical (unpaired) electrons. The van der Waals surface area contributed by atoms with E-state index in [2.05, 4.69) is 10.3 Å². The number of aryl methyl sites for hydroxylation is 2. The number of carbonyl (C=O) groups is 2. The number of carbonyl (C=O) groups excluding carboxylic acids is 1. The number of thiazole rings is 1. The molecule has 2 N–H and O–H groups in total. The zero-order valence-corrected chi connectivity index (χ0v) is 12.4. The third kappa shape index (κ3) is 4.03. The van der Waals surface area contributed by atoms with Crippen LogP contribution in [0.3, 0.4) is 0 Å². The summed E-state index contributed by atoms with van der Waals surface area (Å²) in [6.07, 6.45) is 1.69. The lowest BCUT2D eigenvalue weighted by atomic mass is 10.1. The van der Waals surface area contributed by atoms with Gasteiger partial charge in [0.25, 0.3) is 5.91 Å². The minimum absolute atomic E-state index is 0.258. The Labute approximate surface area is 125 Å². The number of hydrogen-bond donors (Lipinski definition) is 2. The molecule has 0 saturated heterocycles. The SMILES string of the molecule is Cc1cnc(NC(=O)c2ccc(OCC(=O)O)cc2C)s1. The Morgan fingerprint density at radius 1 is 1.38 bits per heavy atom. The Hall–Kier alpha value is -2.41. The van der Waals surface area contributed by atoms with Crippen molar-refractivity contribution in [2.45, 2.75) is 13.8 Å². The first-order valence-corrected chi connectivity index (χ1v) is 6.96. The molecule has 1 heterocycles. The van der Waals surface area contributed by atoms with Gasteiger partial charge in [0.15, 0.2) is 11.7 Å². The standard InChI is InChI=1S/C14H14N2O4S/c1-8-5-10(20-7-12(17)18)3-4-11(8)13(19)16-14-15-6-9(2)21-14/h3-6H,7H2,1-2H3,(H,17,18)(H,15,16,19). The van der Waals surface area contributed by atoms with Crippen LogP contribution in [0.5, 0.6) is 5.75 Å². The highest BCUT2D eigenvalue weighted by Gasteiger charge is 2.12. The van der Waals surface area contributed by atoms with E-state index in [9.17, 15) is 9.59 Å². The van der Waals surface area contributed by atoms with Crippen molar-refractivity contribution in [3.05, 3.63) is 40.4 Å². The first-order valence-electron chi connectivity index (χ1n) is 6.14. The topological polar surface area (TPSA) is 88.5 Å². The molecular formula is C14H14N2O4S. The number of benzene rings is 1. The van der Waals surface area contributed by atoms with E-state index in [1.807, 2.05) is 6.92 Å². The Balaban J connectivity index is 2.09. The van der Waals surface area contributed by atoms with Gasteiger partial charge in [-0.15, -0.1) is 11.3 Å². The molecule has 0 bridgehead atoms. The molecule has 6 nitrogen and oxygen atoms in total. The molecule has 0 spiro atoms. The fourth-order valence-corrected chi connectivity index (χ4v) is 2.36. The number of aliphatic carboxylic acids is 1. The van der Waals surface area contributed by atoms with Crippen molar-refractivity contribution in [2.75, 3.05) is 11.9 Å². The zero-order chi connectivity index (χ0) is 15.4. The van der Waals surface area contributed by atoms with Crippen molar-refractivity contribution in [1.29, 1.82) is 0 Å². The molecule has 0 saturated carbocycles. The fraction of sp³-hybridized carbons (Fsp3) is 0.214. The maximum atomic E-state index is 12.1. The summed E-state index contributed by atoms with van der Waals surface area (Å²) in [5.41, 5.74) is 1.19. The highest BCUT2D eigenvalue weighted by Crippen LogP contribution is 2.21. The Kier molecular flexibility index (Phi) is 4.54. The summed E-state index contributed by atoms with van der Waals surface area (Å²) in [6.45, 7) is 3.26. The Morgan fingerprint density at radius 2 is 2.14 bits per heavy atom. The quantitative estimate of drug-likeness (QED) is 0.886. The monoisotopic (exact) mass is 306 g/mol. The van der Waals surface area contributed by atoms with E-state index < -0.39 is 12.6 Å². The summed E-state index contributed by atoms with van der Waals surface area (Å²) < 4.78 is 5.06. The maximum absolute atomic E-state index is 12.1. The van der Waals surface area contributed by atoms with Crippen molar-refractivity contribution in [3.63, 3.8) is 0 Å². The third-order valence-corrected chi connectivity index (χ3v) is 3.47. The van der Waals surface area contributed by atoms with Crippen LogP contribution in [0.15, 0.2) is 24.4 Å². The molecule has 2 aromatic rings. The van der Waals surface area contributed by atoms with E-state index in [1.165, 1.54) is 11.3 Å². The maximum Gasteiger partial charge on any atom is 0.341 e. The minimum atomic E-state index is -1.05. The number of rotatable bonds is 5. The molecule has 0 aliphatic heterocycles. The predicted octanol–water partition coefficient (Wildman–Crippen LogP) is 2.48. The van der Waals surface area contributed by atoms with Crippen molar-refractivity contribution >= 4 is 28.3 Å². The van der Waals surface area contributed by atoms with Gasteiger partial charge in [-0.1, -0.05) is 0 Å². The van der Waals surface area contributed by atoms with Gasteiger partial charge in [-0.2, -0.15) is 0 Å². The van der Waals surface area contributed by atoms with E-state index in [-0.39, 0.29) is 5.91 Å². The van der Waals surface area contributed by atoms with Crippen molar-refractivity contribution in [1.82, 2.24) is 4.98 Å². The fourth-order valence-electron chi connectivity index (χ4n) is 1.70. The lowest BCUT2D eigenvalue weighted by molar-refractivity contribution is -0.139. The van der Waals surface area contributed by atoms with Gasteiger partial charge in [-0.25, -0.2) is 9.78 Å². The Morgan fingerprint density at radius 3 is 2.71 bits per heavy atom. The number of nitrogens with zero attached hydrogens (tertiary/aromatic N) is 1. The van der Waals surface area contributed by atoms with E-state index in [0.29, 0.717) is 22.0 Å². The van der Waals surface area contributed by atoms with E-state index in [4.69, 9.17) is 9.84 Å². The van der Waals surface area contributed by atoms with Crippen LogP contribution in [0.2, 0.25) is 0 Å². The summed E-state index contributed by atoms with van der Waals surface area (Å²) in [4.78, 5) is 27.7. The van der Waals surface area contributed by atoms with Crippen LogP contribution in [0.25, 0.3) is 0 Å². The molecule has 0 aliphatic rings. The number of aromatic nitrogens is 1. The number of amides is 1. The molecule has 2 rings (SSSR count). The molecule has 0 atom stereocenters. The van der Waals surface area contributed by atoms with Gasteiger partial charge in [-0.05, 0) is 37.6 Å². The summed E-state index contributed by atoms with van der Waals surface area (Å²) in [5, 5.41) is 11.8. The zero-order valence-electron chi connectivity index (χ0n) is 11.5. The van der Waals surface area contributed by atoms with Crippen LogP contribution < -0.4 is 10.1 Å². The molecule has 1 amide bonds. The van der Waals surface area contributed by atoms with E-state index >= 15 is 0 Å². The third-order valence-electron chi connectivity index (χ3n) is 2.65. The number of carboxylic acids is 1. The average molecular weight is 306 g/mol. The number of ether oxygens (including phenoxy) is 1. The molecule has 1 aromatic carbocycles. The van der Waals surface area contributed by atoms with Crippen LogP contribution in [0, 0.1) is 13.8 Å². The van der Waals surface area contributed by atoms with Crippen LogP contribution >= 0.6 is 11.3 Å². The van der Waals surface area contributed by atoms with Gasteiger partial charge in [0.1, 0.15) is 5.75 Å². The van der Waals surface area contributed by atoms with Crippen LogP contribution in [-0.4, -0.2) is 28.6 Å². The molecular weight excluding hydrogens is 292 g/mol. The number of hydrogen-bond acceptors (Lipinski definition) is 5. The van der Waals surface area contributed by atoms with Gasteiger partial charge in [-0.3, -0.25) is 10.1 Å². The second-order valence-corrected chi connectivity index (χ2v) is 5.62. The lowest BCUT2D eigenvalue weighted by Gasteiger charge is -2.08. The van der Waals surface area contributed by atoms with Crippen LogP contribution in [0.4, 0.5) is 5.13 Å². The van der Waals surface area contributed by atoms with E-state index in [1.54, 1.807) is 31.3 Å². The highest BCUT2D eigenvalue weighted by molar-refractivity contribution is 7.15. The second kappa shape index (κ2) is 6.36. The smallest absolute Gasteiger partial charge is 0.341 e. The van der Waals surface area contributed by atoms with Gasteiger partial charge < -0.3 is 9.84 Å². The molecule has 0 fully saturated rings. The first kappa shape index (κ1) is 15.0. The van der Waals surface area contributed by atoms with Gasteiger partial charge in [0, 0.05) is 16.6 Å². The van der Waals surface area contributed by atoms with Gasteiger partial charge >= 0.3 is 5.97 Å². The Bertz CT molecular complexity index is 681. The molecule has 21 heavy (non-hydrogen) atoms. The van der Waals surface area contributed by atoms with Crippen LogP contribution in [0.1, 0.15) is 20.8 Å². The second-order valence-electron chi connectivity index (χ2n) is 4.39. The number of anilines is 1. The van der Waals surface area contributed by atoms with Gasteiger partial charge in [0.05, 0.1) is 0 Å². The summed E-state index contributed by atoms with van der Waals surface area (Å²) in [7, 11) is 0. The van der Waals surface area contributed by atoms with Crippen molar-refractivity contribution in [2.24, 2.45) is 0 Å². The molecule has 0 unspecified atom stereocenters. The molecule has 110 valence electrons. The minimum Gasteiger partial charge on any atom is -0.482 e. The molecule has 0 aliphatic carbocycles. The van der Waals surface area contributed by atoms with Crippen LogP contribution in [-0.2, 0) is 4.79 Å². The summed E-state index contributed by atoms with van der Waals surface area (Å²) in [6, 6.07) is 4.80. The van der Waals surface area contributed by atoms with Crippen molar-refractivity contribution in [3.8, 4) is 5.75 Å². The van der Waals surface area contributed by atoms with Crippen molar-refractivity contribution < 1.29 is 19.4 Å². The molecule has 1 aromatic heterocycles. The lowest BCUT2D eigenvalue weighted by Crippen LogP contribution is -2.14. The molecule has 7 heteroatoms. The number of carboxylic acid groups (broad SMARTS) is 1. The average Bonchev–Trinajstić information content (AvgIpc) is 2.81. The van der Waals surface area contributed by atoms with E-state index in [0.717, 1.165) is 4.88 Å². The largest absolute Gasteiger partial charge is 0.482 e. The normalized spacial score (nSPS) is 10.2. The highest BCUT2D eigenvalue weighted by atomic mass is 32.1. The first-order chi connectivity index (χ1) is 9.95. The summed E-state index contributed by atoms with van der Waals surface area (Å²) >= 11 is 1.40. The number of nitrogens with one attached hydrogen (secondary N) is 1. The van der Waals surface area contributed by atoms with Gasteiger partial charge in [0.2, 0.25) is 0 Å². The predicted molar refractivity (Wildman–Crippen MR) is 79.1 cm³/mol.